The van der Waals surface area contributed by atoms with Gasteiger partial charge >= 0.3 is 0 Å². The number of nitrogens with one attached hydrogen (secondary N) is 1. The molecule has 6 nitrogen and oxygen atoms in total. The van der Waals surface area contributed by atoms with Gasteiger partial charge in [-0.3, -0.25) is 4.90 Å². The van der Waals surface area contributed by atoms with Crippen LogP contribution in [0.4, 0.5) is 0 Å². The fourth-order valence-electron chi connectivity index (χ4n) is 1.84. The van der Waals surface area contributed by atoms with Gasteiger partial charge in [0, 0.05) is 39.1 Å². The molecule has 0 spiro atoms. The van der Waals surface area contributed by atoms with E-state index in [2.05, 4.69) is 25.3 Å². The minimum atomic E-state index is 0.737. The maximum Gasteiger partial charge on any atom is 0.240 e. The molecule has 96 valence electrons. The van der Waals surface area contributed by atoms with Crippen LogP contribution in [-0.2, 0) is 13.0 Å². The second kappa shape index (κ2) is 6.09. The van der Waals surface area contributed by atoms with Crippen molar-refractivity contribution >= 4 is 0 Å². The summed E-state index contributed by atoms with van der Waals surface area (Å²) < 4.78 is 5.26. The third-order valence-corrected chi connectivity index (χ3v) is 2.86. The molecular weight excluding hydrogens is 218 g/mol. The van der Waals surface area contributed by atoms with E-state index < -0.39 is 0 Å². The van der Waals surface area contributed by atoms with Crippen molar-refractivity contribution in [2.24, 2.45) is 0 Å². The normalized spacial score (nSPS) is 17.8. The van der Waals surface area contributed by atoms with Gasteiger partial charge in [0.25, 0.3) is 0 Å². The lowest BCUT2D eigenvalue weighted by Crippen LogP contribution is -2.42. The number of nitrogens with zero attached hydrogens (tertiary/aromatic N) is 4. The number of likely N-dealkylation sites (N-methyl/N-ethyl adjacent to an activating group) is 1. The van der Waals surface area contributed by atoms with E-state index in [-0.39, 0.29) is 0 Å². The maximum absolute atomic E-state index is 5.26. The van der Waals surface area contributed by atoms with Crippen LogP contribution in [0.15, 0.2) is 4.52 Å². The van der Waals surface area contributed by atoms with Crippen molar-refractivity contribution in [3.63, 3.8) is 0 Å². The van der Waals surface area contributed by atoms with Crippen LogP contribution in [0.1, 0.15) is 11.7 Å². The largest absolute Gasteiger partial charge is 0.338 e. The average Bonchev–Trinajstić information content (AvgIpc) is 2.75. The van der Waals surface area contributed by atoms with Crippen LogP contribution < -0.4 is 5.32 Å². The number of rotatable bonds is 5. The number of piperazine rings is 1. The molecule has 1 aliphatic rings. The Bertz CT molecular complexity index is 332. The van der Waals surface area contributed by atoms with Crippen molar-refractivity contribution < 1.29 is 4.52 Å². The molecule has 1 saturated heterocycles. The van der Waals surface area contributed by atoms with Gasteiger partial charge in [-0.2, -0.15) is 4.98 Å². The van der Waals surface area contributed by atoms with Crippen LogP contribution in [0.3, 0.4) is 0 Å². The van der Waals surface area contributed by atoms with Gasteiger partial charge in [-0.05, 0) is 14.1 Å². The highest BCUT2D eigenvalue weighted by molar-refractivity contribution is 4.87. The van der Waals surface area contributed by atoms with Crippen molar-refractivity contribution in [3.05, 3.63) is 11.7 Å². The summed E-state index contributed by atoms with van der Waals surface area (Å²) in [6.07, 6.45) is 0.845. The quantitative estimate of drug-likeness (QED) is 0.753. The molecular formula is C11H21N5O. The zero-order chi connectivity index (χ0) is 12.1. The van der Waals surface area contributed by atoms with E-state index in [0.29, 0.717) is 0 Å². The third-order valence-electron chi connectivity index (χ3n) is 2.86. The Balaban J connectivity index is 1.80. The molecule has 0 aliphatic carbocycles. The molecule has 6 heteroatoms. The summed E-state index contributed by atoms with van der Waals surface area (Å²) in [5.41, 5.74) is 0. The molecule has 0 amide bonds. The van der Waals surface area contributed by atoms with Crippen molar-refractivity contribution in [3.8, 4) is 0 Å². The Labute approximate surface area is 102 Å². The molecule has 0 atom stereocenters. The summed E-state index contributed by atoms with van der Waals surface area (Å²) >= 11 is 0. The highest BCUT2D eigenvalue weighted by Crippen LogP contribution is 2.04. The summed E-state index contributed by atoms with van der Waals surface area (Å²) in [5.74, 6) is 1.55. The molecule has 1 aromatic heterocycles. The third kappa shape index (κ3) is 4.07. The average molecular weight is 239 g/mol. The van der Waals surface area contributed by atoms with Crippen LogP contribution in [0, 0.1) is 0 Å². The van der Waals surface area contributed by atoms with Gasteiger partial charge in [-0.15, -0.1) is 0 Å². The first-order valence-corrected chi connectivity index (χ1v) is 6.13. The van der Waals surface area contributed by atoms with Gasteiger partial charge < -0.3 is 14.7 Å². The van der Waals surface area contributed by atoms with Gasteiger partial charge in [0.05, 0.1) is 6.54 Å². The first-order chi connectivity index (χ1) is 8.24. The molecule has 0 radical (unpaired) electrons. The predicted octanol–water partition coefficient (Wildman–Crippen LogP) is -0.421. The zero-order valence-corrected chi connectivity index (χ0v) is 10.6. The lowest BCUT2D eigenvalue weighted by Gasteiger charge is -2.25. The van der Waals surface area contributed by atoms with Crippen LogP contribution >= 0.6 is 0 Å². The summed E-state index contributed by atoms with van der Waals surface area (Å²) in [7, 11) is 4.09. The first kappa shape index (κ1) is 12.5. The molecule has 0 aromatic carbocycles. The Morgan fingerprint density at radius 1 is 1.35 bits per heavy atom. The fourth-order valence-corrected chi connectivity index (χ4v) is 1.84. The van der Waals surface area contributed by atoms with Crippen molar-refractivity contribution in [1.82, 2.24) is 25.3 Å². The Hall–Kier alpha value is -0.980. The van der Waals surface area contributed by atoms with E-state index in [1.54, 1.807) is 0 Å². The van der Waals surface area contributed by atoms with Gasteiger partial charge in [0.15, 0.2) is 5.82 Å². The summed E-state index contributed by atoms with van der Waals surface area (Å²) in [4.78, 5) is 8.86. The van der Waals surface area contributed by atoms with E-state index in [1.165, 1.54) is 0 Å². The monoisotopic (exact) mass is 239 g/mol. The molecule has 2 heterocycles. The topological polar surface area (TPSA) is 57.4 Å². The number of hydrogen-bond acceptors (Lipinski definition) is 6. The second-order valence-electron chi connectivity index (χ2n) is 4.68. The Morgan fingerprint density at radius 2 is 2.12 bits per heavy atom. The summed E-state index contributed by atoms with van der Waals surface area (Å²) in [5, 5.41) is 7.32. The molecule has 1 aliphatic heterocycles. The van der Waals surface area contributed by atoms with E-state index >= 15 is 0 Å². The number of hydrogen-bond donors (Lipinski definition) is 1. The van der Waals surface area contributed by atoms with Crippen molar-refractivity contribution in [2.75, 3.05) is 46.8 Å². The van der Waals surface area contributed by atoms with Crippen LogP contribution in [0.5, 0.6) is 0 Å². The Morgan fingerprint density at radius 3 is 2.82 bits per heavy atom. The van der Waals surface area contributed by atoms with E-state index in [4.69, 9.17) is 4.52 Å². The maximum atomic E-state index is 5.26. The molecule has 1 fully saturated rings. The minimum Gasteiger partial charge on any atom is -0.338 e. The lowest BCUT2D eigenvalue weighted by atomic mass is 10.3. The van der Waals surface area contributed by atoms with Gasteiger partial charge in [0.1, 0.15) is 0 Å². The van der Waals surface area contributed by atoms with E-state index in [1.807, 2.05) is 14.1 Å². The molecule has 0 unspecified atom stereocenters. The van der Waals surface area contributed by atoms with Gasteiger partial charge in [0.2, 0.25) is 5.89 Å². The fraction of sp³-hybridized carbons (Fsp3) is 0.818. The SMILES string of the molecule is CN(C)CCc1noc(CN2CCNCC2)n1. The van der Waals surface area contributed by atoms with Crippen LogP contribution in [-0.4, -0.2) is 66.8 Å². The molecule has 0 saturated carbocycles. The minimum absolute atomic E-state index is 0.737. The number of aromatic nitrogens is 2. The van der Waals surface area contributed by atoms with Crippen LogP contribution in [0.2, 0.25) is 0 Å². The van der Waals surface area contributed by atoms with Gasteiger partial charge in [-0.1, -0.05) is 5.16 Å². The van der Waals surface area contributed by atoms with Crippen molar-refractivity contribution in [2.45, 2.75) is 13.0 Å². The van der Waals surface area contributed by atoms with E-state index in [9.17, 15) is 0 Å². The van der Waals surface area contributed by atoms with Gasteiger partial charge in [-0.25, -0.2) is 0 Å². The molecule has 17 heavy (non-hydrogen) atoms. The summed E-state index contributed by atoms with van der Waals surface area (Å²) in [6.45, 7) is 5.91. The van der Waals surface area contributed by atoms with Crippen LogP contribution in [0.25, 0.3) is 0 Å². The zero-order valence-electron chi connectivity index (χ0n) is 10.6. The van der Waals surface area contributed by atoms with Crippen molar-refractivity contribution in [1.29, 1.82) is 0 Å². The molecule has 2 rings (SSSR count). The summed E-state index contributed by atoms with van der Waals surface area (Å²) in [6, 6.07) is 0. The molecule has 1 aromatic rings. The molecule has 0 bridgehead atoms. The lowest BCUT2D eigenvalue weighted by molar-refractivity contribution is 0.203. The highest BCUT2D eigenvalue weighted by atomic mass is 16.5. The molecule has 1 N–H and O–H groups in total. The second-order valence-corrected chi connectivity index (χ2v) is 4.68. The predicted molar refractivity (Wildman–Crippen MR) is 64.7 cm³/mol. The highest BCUT2D eigenvalue weighted by Gasteiger charge is 2.14. The Kier molecular flexibility index (Phi) is 4.47. The standard InChI is InChI=1S/C11H21N5O/c1-15(2)6-3-10-13-11(17-14-10)9-16-7-4-12-5-8-16/h12H,3-9H2,1-2H3. The van der Waals surface area contributed by atoms with E-state index in [0.717, 1.165) is 57.4 Å². The first-order valence-electron chi connectivity index (χ1n) is 6.13. The smallest absolute Gasteiger partial charge is 0.240 e.